The van der Waals surface area contributed by atoms with Crippen molar-refractivity contribution in [3.63, 3.8) is 0 Å². The molecule has 0 aromatic carbocycles. The van der Waals surface area contributed by atoms with Gasteiger partial charge in [0.25, 0.3) is 0 Å². The van der Waals surface area contributed by atoms with Crippen LogP contribution in [0.25, 0.3) is 0 Å². The molecule has 0 radical (unpaired) electrons. The van der Waals surface area contributed by atoms with Crippen molar-refractivity contribution in [3.05, 3.63) is 0 Å². The number of carboxylic acid groups (broad SMARTS) is 1. The number of rotatable bonds is 14. The Kier molecular flexibility index (Phi) is 10.9. The molecule has 1 saturated heterocycles. The quantitative estimate of drug-likeness (QED) is 0.445. The van der Waals surface area contributed by atoms with Crippen LogP contribution in [0.4, 0.5) is 0 Å². The number of aliphatic hydroxyl groups is 1. The molecule has 25 heavy (non-hydrogen) atoms. The fourth-order valence-electron chi connectivity index (χ4n) is 2.90. The average Bonchev–Trinajstić information content (AvgIpc) is 2.82. The lowest BCUT2D eigenvalue weighted by Crippen LogP contribution is -2.36. The molecule has 3 unspecified atom stereocenters. The minimum Gasteiger partial charge on any atom is -0.480 e. The zero-order chi connectivity index (χ0) is 18.7. The van der Waals surface area contributed by atoms with Crippen molar-refractivity contribution in [1.29, 1.82) is 0 Å². The lowest BCUT2D eigenvalue weighted by atomic mass is 10.1. The second-order valence-corrected chi connectivity index (χ2v) is 8.04. The number of aliphatic hydroxyl groups excluding tert-OH is 1. The Bertz CT molecular complexity index is 445. The summed E-state index contributed by atoms with van der Waals surface area (Å²) in [5.41, 5.74) is 0. The second-order valence-electron chi connectivity index (χ2n) is 6.45. The fourth-order valence-corrected chi connectivity index (χ4v) is 4.44. The van der Waals surface area contributed by atoms with Crippen LogP contribution >= 0.6 is 0 Å². The minimum atomic E-state index is -1.20. The van der Waals surface area contributed by atoms with Crippen LogP contribution in [-0.2, 0) is 25.1 Å². The van der Waals surface area contributed by atoms with Gasteiger partial charge in [-0.25, -0.2) is 4.79 Å². The highest BCUT2D eigenvalue weighted by Crippen LogP contribution is 2.21. The third-order valence-corrected chi connectivity index (χ3v) is 5.93. The number of carboxylic acids is 1. The summed E-state index contributed by atoms with van der Waals surface area (Å²) in [5, 5.41) is 18.2. The normalized spacial score (nSPS) is 21.7. The van der Waals surface area contributed by atoms with Crippen LogP contribution in [0, 0.1) is 0 Å². The Morgan fingerprint density at radius 3 is 2.76 bits per heavy atom. The highest BCUT2D eigenvalue weighted by molar-refractivity contribution is 7.86. The molecule has 0 aromatic rings. The van der Waals surface area contributed by atoms with E-state index in [1.165, 1.54) is 0 Å². The molecule has 0 aromatic heterocycles. The number of unbranched alkanes of at least 4 members (excludes halogenated alkanes) is 3. The molecule has 8 heteroatoms. The van der Waals surface area contributed by atoms with E-state index < -0.39 is 22.9 Å². The summed E-state index contributed by atoms with van der Waals surface area (Å²) < 4.78 is 17.1. The third-order valence-electron chi connectivity index (χ3n) is 4.30. The van der Waals surface area contributed by atoms with Crippen molar-refractivity contribution in [1.82, 2.24) is 4.90 Å². The van der Waals surface area contributed by atoms with Gasteiger partial charge in [-0.1, -0.05) is 26.2 Å². The van der Waals surface area contributed by atoms with Crippen LogP contribution in [0.3, 0.4) is 0 Å². The van der Waals surface area contributed by atoms with E-state index in [-0.39, 0.29) is 23.6 Å². The van der Waals surface area contributed by atoms with E-state index in [1.807, 2.05) is 0 Å². The Labute approximate surface area is 152 Å². The van der Waals surface area contributed by atoms with Crippen molar-refractivity contribution in [3.8, 4) is 0 Å². The maximum atomic E-state index is 12.1. The number of amides is 1. The molecule has 0 aliphatic carbocycles. The fraction of sp³-hybridized carbons (Fsp3) is 0.882. The van der Waals surface area contributed by atoms with Crippen molar-refractivity contribution in [2.45, 2.75) is 69.8 Å². The Morgan fingerprint density at radius 2 is 2.08 bits per heavy atom. The van der Waals surface area contributed by atoms with E-state index in [2.05, 4.69) is 6.92 Å². The van der Waals surface area contributed by atoms with Gasteiger partial charge in [-0.15, -0.1) is 0 Å². The molecule has 1 aliphatic rings. The van der Waals surface area contributed by atoms with Gasteiger partial charge in [0.05, 0.1) is 16.9 Å². The molecule has 1 heterocycles. The molecule has 1 rings (SSSR count). The number of aliphatic carboxylic acids is 1. The molecule has 146 valence electrons. The number of hydrogen-bond donors (Lipinski definition) is 2. The van der Waals surface area contributed by atoms with Crippen LogP contribution in [0.15, 0.2) is 0 Å². The van der Waals surface area contributed by atoms with Gasteiger partial charge in [-0.05, 0) is 32.1 Å². The number of carbonyl (C=O) groups excluding carboxylic acids is 1. The first-order valence-electron chi connectivity index (χ1n) is 9.10. The van der Waals surface area contributed by atoms with E-state index in [0.717, 1.165) is 32.1 Å². The first-order chi connectivity index (χ1) is 12.0. The van der Waals surface area contributed by atoms with E-state index in [9.17, 15) is 18.9 Å². The van der Waals surface area contributed by atoms with Gasteiger partial charge in [0.1, 0.15) is 17.7 Å². The summed E-state index contributed by atoms with van der Waals surface area (Å²) in [4.78, 5) is 24.0. The summed E-state index contributed by atoms with van der Waals surface area (Å²) in [6.45, 7) is 2.59. The molecule has 7 nitrogen and oxygen atoms in total. The van der Waals surface area contributed by atoms with Gasteiger partial charge >= 0.3 is 5.97 Å². The highest BCUT2D eigenvalue weighted by atomic mass is 32.2. The van der Waals surface area contributed by atoms with Gasteiger partial charge in [0.2, 0.25) is 5.91 Å². The lowest BCUT2D eigenvalue weighted by molar-refractivity contribution is -0.142. The SMILES string of the molecule is CCCCCC(O)CCN1C(=O)CS(=O)C1CCCCOCC(=O)O. The van der Waals surface area contributed by atoms with Crippen molar-refractivity contribution >= 4 is 22.7 Å². The average molecular weight is 378 g/mol. The predicted molar refractivity (Wildman–Crippen MR) is 95.6 cm³/mol. The molecular weight excluding hydrogens is 346 g/mol. The summed E-state index contributed by atoms with van der Waals surface area (Å²) in [6, 6.07) is 0. The number of ether oxygens (including phenoxy) is 1. The Hall–Kier alpha value is -0.990. The largest absolute Gasteiger partial charge is 0.480 e. The number of carbonyl (C=O) groups is 2. The van der Waals surface area contributed by atoms with Gasteiger partial charge in [-0.2, -0.15) is 0 Å². The molecule has 0 bridgehead atoms. The molecule has 1 fully saturated rings. The molecule has 3 atom stereocenters. The van der Waals surface area contributed by atoms with Crippen molar-refractivity contribution in [2.24, 2.45) is 0 Å². The molecule has 0 saturated carbocycles. The topological polar surface area (TPSA) is 104 Å². The Balaban J connectivity index is 2.31. The summed E-state index contributed by atoms with van der Waals surface area (Å²) in [5.74, 6) is -1.04. The molecular formula is C17H31NO6S. The van der Waals surface area contributed by atoms with E-state index in [4.69, 9.17) is 9.84 Å². The molecule has 1 aliphatic heterocycles. The van der Waals surface area contributed by atoms with Crippen LogP contribution in [-0.4, -0.2) is 68.2 Å². The maximum absolute atomic E-state index is 12.1. The van der Waals surface area contributed by atoms with Gasteiger partial charge < -0.3 is 19.8 Å². The first kappa shape index (κ1) is 22.1. The number of nitrogens with zero attached hydrogens (tertiary/aromatic N) is 1. The molecule has 1 amide bonds. The smallest absolute Gasteiger partial charge is 0.329 e. The van der Waals surface area contributed by atoms with E-state index in [0.29, 0.717) is 32.4 Å². The van der Waals surface area contributed by atoms with Crippen LogP contribution in [0.1, 0.15) is 58.3 Å². The predicted octanol–water partition coefficient (Wildman–Crippen LogP) is 1.51. The summed E-state index contributed by atoms with van der Waals surface area (Å²) in [7, 11) is -1.20. The minimum absolute atomic E-state index is 0.0616. The maximum Gasteiger partial charge on any atom is 0.329 e. The Morgan fingerprint density at radius 1 is 1.32 bits per heavy atom. The van der Waals surface area contributed by atoms with Crippen LogP contribution in [0.2, 0.25) is 0 Å². The molecule has 2 N–H and O–H groups in total. The van der Waals surface area contributed by atoms with Gasteiger partial charge in [0.15, 0.2) is 0 Å². The first-order valence-corrected chi connectivity index (χ1v) is 10.5. The standard InChI is InChI=1S/C17H31NO6S/c1-2-3-4-7-14(19)9-10-18-15(20)13-25(23)16(18)8-5-6-11-24-12-17(21)22/h14,16,19H,2-13H2,1H3,(H,21,22). The highest BCUT2D eigenvalue weighted by Gasteiger charge is 2.36. The lowest BCUT2D eigenvalue weighted by Gasteiger charge is -2.24. The zero-order valence-corrected chi connectivity index (χ0v) is 15.8. The van der Waals surface area contributed by atoms with Gasteiger partial charge in [0, 0.05) is 13.2 Å². The third kappa shape index (κ3) is 8.78. The van der Waals surface area contributed by atoms with Crippen LogP contribution < -0.4 is 0 Å². The van der Waals surface area contributed by atoms with Crippen molar-refractivity contribution < 1.29 is 28.7 Å². The van der Waals surface area contributed by atoms with E-state index in [1.54, 1.807) is 4.90 Å². The molecule has 0 spiro atoms. The summed E-state index contributed by atoms with van der Waals surface area (Å²) in [6.07, 6.45) is 6.03. The zero-order valence-electron chi connectivity index (χ0n) is 15.0. The van der Waals surface area contributed by atoms with Crippen molar-refractivity contribution in [2.75, 3.05) is 25.5 Å². The van der Waals surface area contributed by atoms with Crippen LogP contribution in [0.5, 0.6) is 0 Å². The monoisotopic (exact) mass is 377 g/mol. The number of hydrogen-bond acceptors (Lipinski definition) is 5. The van der Waals surface area contributed by atoms with Gasteiger partial charge in [-0.3, -0.25) is 9.00 Å². The second kappa shape index (κ2) is 12.4. The van der Waals surface area contributed by atoms with E-state index >= 15 is 0 Å². The summed E-state index contributed by atoms with van der Waals surface area (Å²) >= 11 is 0.